The van der Waals surface area contributed by atoms with Gasteiger partial charge in [0.25, 0.3) is 0 Å². The van der Waals surface area contributed by atoms with E-state index in [0.717, 1.165) is 12.0 Å². The molecule has 2 atom stereocenters. The molecule has 1 aromatic rings. The first kappa shape index (κ1) is 13.6. The van der Waals surface area contributed by atoms with Gasteiger partial charge in [0.15, 0.2) is 0 Å². The lowest BCUT2D eigenvalue weighted by Crippen LogP contribution is -2.36. The Morgan fingerprint density at radius 3 is 2.47 bits per heavy atom. The number of carboxylic acids is 1. The molecule has 0 aliphatic heterocycles. The normalized spacial score (nSPS) is 22.2. The van der Waals surface area contributed by atoms with Crippen molar-refractivity contribution in [3.8, 4) is 0 Å². The number of hydrogen-bond acceptors (Lipinski definition) is 2. The minimum atomic E-state index is -0.844. The summed E-state index contributed by atoms with van der Waals surface area (Å²) in [5.41, 5.74) is 1.06. The van der Waals surface area contributed by atoms with E-state index in [1.165, 1.54) is 0 Å². The topological polar surface area (TPSA) is 57.6 Å². The van der Waals surface area contributed by atoms with Gasteiger partial charge >= 0.3 is 5.97 Å². The highest BCUT2D eigenvalue weighted by atomic mass is 16.4. The summed E-state index contributed by atoms with van der Waals surface area (Å²) in [5.74, 6) is -1.75. The molecule has 0 spiro atoms. The summed E-state index contributed by atoms with van der Waals surface area (Å²) in [5, 5.41) is 9.13. The molecule has 1 saturated carbocycles. The Hall–Kier alpha value is -1.84. The molecule has 1 aromatic carbocycles. The fourth-order valence-corrected chi connectivity index (χ4v) is 2.77. The summed E-state index contributed by atoms with van der Waals surface area (Å²) < 4.78 is 0. The second-order valence-electron chi connectivity index (χ2n) is 5.16. The molecule has 4 nitrogen and oxygen atoms in total. The summed E-state index contributed by atoms with van der Waals surface area (Å²) in [6.07, 6.45) is 2.13. The third-order valence-corrected chi connectivity index (χ3v) is 3.79. The fourth-order valence-electron chi connectivity index (χ4n) is 2.77. The average molecular weight is 261 g/mol. The first-order valence-corrected chi connectivity index (χ1v) is 6.61. The molecule has 1 aliphatic carbocycles. The maximum atomic E-state index is 12.3. The Balaban J connectivity index is 2.01. The van der Waals surface area contributed by atoms with Crippen LogP contribution in [0.2, 0.25) is 0 Å². The number of carboxylic acid groups (broad SMARTS) is 1. The minimum Gasteiger partial charge on any atom is -0.481 e. The molecule has 1 fully saturated rings. The van der Waals surface area contributed by atoms with Crippen molar-refractivity contribution < 1.29 is 14.7 Å². The molecular formula is C15H19NO3. The molecule has 1 aliphatic rings. The largest absolute Gasteiger partial charge is 0.481 e. The fraction of sp³-hybridized carbons (Fsp3) is 0.467. The molecule has 0 saturated heterocycles. The highest BCUT2D eigenvalue weighted by Crippen LogP contribution is 2.33. The second-order valence-corrected chi connectivity index (χ2v) is 5.16. The van der Waals surface area contributed by atoms with Gasteiger partial charge in [0, 0.05) is 13.6 Å². The van der Waals surface area contributed by atoms with Crippen LogP contribution in [0, 0.1) is 11.8 Å². The SMILES string of the molecule is CN(Cc1ccccc1)C(=O)[C@@H]1CCC[C@@H]1C(=O)O. The summed E-state index contributed by atoms with van der Waals surface area (Å²) in [7, 11) is 1.74. The molecule has 1 amide bonds. The highest BCUT2D eigenvalue weighted by molar-refractivity contribution is 5.85. The van der Waals surface area contributed by atoms with Crippen molar-refractivity contribution in [2.45, 2.75) is 25.8 Å². The zero-order valence-electron chi connectivity index (χ0n) is 11.1. The van der Waals surface area contributed by atoms with Crippen LogP contribution in [0.15, 0.2) is 30.3 Å². The Bertz CT molecular complexity index is 458. The third kappa shape index (κ3) is 3.13. The van der Waals surface area contributed by atoms with Gasteiger partial charge in [-0.1, -0.05) is 36.8 Å². The number of benzene rings is 1. The second kappa shape index (κ2) is 5.87. The van der Waals surface area contributed by atoms with Crippen LogP contribution in [0.4, 0.5) is 0 Å². The van der Waals surface area contributed by atoms with E-state index in [4.69, 9.17) is 5.11 Å². The Labute approximate surface area is 113 Å². The van der Waals surface area contributed by atoms with E-state index in [1.807, 2.05) is 30.3 Å². The van der Waals surface area contributed by atoms with Crippen LogP contribution >= 0.6 is 0 Å². The average Bonchev–Trinajstić information content (AvgIpc) is 2.88. The van der Waals surface area contributed by atoms with Crippen molar-refractivity contribution in [1.29, 1.82) is 0 Å². The zero-order valence-corrected chi connectivity index (χ0v) is 11.1. The lowest BCUT2D eigenvalue weighted by atomic mass is 9.95. The van der Waals surface area contributed by atoms with Gasteiger partial charge in [0.1, 0.15) is 0 Å². The molecule has 1 N–H and O–H groups in total. The Morgan fingerprint density at radius 1 is 1.21 bits per heavy atom. The molecule has 0 bridgehead atoms. The predicted molar refractivity (Wildman–Crippen MR) is 71.4 cm³/mol. The van der Waals surface area contributed by atoms with Gasteiger partial charge in [0.05, 0.1) is 11.8 Å². The summed E-state index contributed by atoms with van der Waals surface area (Å²) >= 11 is 0. The molecule has 0 radical (unpaired) electrons. The van der Waals surface area contributed by atoms with E-state index in [0.29, 0.717) is 19.4 Å². The quantitative estimate of drug-likeness (QED) is 0.903. The third-order valence-electron chi connectivity index (χ3n) is 3.79. The number of carbonyl (C=O) groups is 2. The van der Waals surface area contributed by atoms with Crippen molar-refractivity contribution in [3.05, 3.63) is 35.9 Å². The van der Waals surface area contributed by atoms with Crippen LogP contribution in [-0.4, -0.2) is 28.9 Å². The van der Waals surface area contributed by atoms with Crippen LogP contribution in [0.3, 0.4) is 0 Å². The van der Waals surface area contributed by atoms with E-state index in [2.05, 4.69) is 0 Å². The number of carbonyl (C=O) groups excluding carboxylic acids is 1. The molecule has 102 valence electrons. The molecule has 0 unspecified atom stereocenters. The lowest BCUT2D eigenvalue weighted by molar-refractivity contribution is -0.148. The van der Waals surface area contributed by atoms with Crippen molar-refractivity contribution in [2.24, 2.45) is 11.8 Å². The number of nitrogens with zero attached hydrogens (tertiary/aromatic N) is 1. The number of rotatable bonds is 4. The minimum absolute atomic E-state index is 0.0475. The van der Waals surface area contributed by atoms with E-state index in [9.17, 15) is 9.59 Å². The van der Waals surface area contributed by atoms with Crippen molar-refractivity contribution in [3.63, 3.8) is 0 Å². The highest BCUT2D eigenvalue weighted by Gasteiger charge is 2.38. The van der Waals surface area contributed by atoms with Gasteiger partial charge in [-0.25, -0.2) is 0 Å². The van der Waals surface area contributed by atoms with Gasteiger partial charge in [0.2, 0.25) is 5.91 Å². The van der Waals surface area contributed by atoms with Crippen molar-refractivity contribution >= 4 is 11.9 Å². The number of aliphatic carboxylic acids is 1. The predicted octanol–water partition coefficient (Wildman–Crippen LogP) is 2.15. The molecule has 2 rings (SSSR count). The first-order valence-electron chi connectivity index (χ1n) is 6.61. The van der Waals surface area contributed by atoms with Crippen molar-refractivity contribution in [2.75, 3.05) is 7.05 Å². The molecule has 0 heterocycles. The van der Waals surface area contributed by atoms with Crippen molar-refractivity contribution in [1.82, 2.24) is 4.90 Å². The van der Waals surface area contributed by atoms with Gasteiger partial charge in [-0.3, -0.25) is 9.59 Å². The van der Waals surface area contributed by atoms with Gasteiger partial charge in [-0.2, -0.15) is 0 Å². The number of hydrogen-bond donors (Lipinski definition) is 1. The smallest absolute Gasteiger partial charge is 0.307 e. The van der Waals surface area contributed by atoms with E-state index in [1.54, 1.807) is 11.9 Å². The van der Waals surface area contributed by atoms with Crippen LogP contribution in [0.5, 0.6) is 0 Å². The Morgan fingerprint density at radius 2 is 1.84 bits per heavy atom. The van der Waals surface area contributed by atoms with E-state index < -0.39 is 11.9 Å². The van der Waals surface area contributed by atoms with E-state index >= 15 is 0 Å². The number of amides is 1. The standard InChI is InChI=1S/C15H19NO3/c1-16(10-11-6-3-2-4-7-11)14(17)12-8-5-9-13(12)15(18)19/h2-4,6-7,12-13H,5,8-10H2,1H3,(H,18,19)/t12-,13+/m1/s1. The molecule has 0 aromatic heterocycles. The Kier molecular flexibility index (Phi) is 4.20. The van der Waals surface area contributed by atoms with Crippen LogP contribution in [0.1, 0.15) is 24.8 Å². The molecule has 19 heavy (non-hydrogen) atoms. The summed E-state index contributed by atoms with van der Waals surface area (Å²) in [6, 6.07) is 9.73. The maximum Gasteiger partial charge on any atom is 0.307 e. The maximum absolute atomic E-state index is 12.3. The van der Waals surface area contributed by atoms with Crippen LogP contribution in [-0.2, 0) is 16.1 Å². The molecule has 4 heteroatoms. The van der Waals surface area contributed by atoms with E-state index in [-0.39, 0.29) is 11.8 Å². The molecular weight excluding hydrogens is 242 g/mol. The summed E-state index contributed by atoms with van der Waals surface area (Å²) in [6.45, 7) is 0.530. The van der Waals surface area contributed by atoms with Gasteiger partial charge in [-0.15, -0.1) is 0 Å². The lowest BCUT2D eigenvalue weighted by Gasteiger charge is -2.23. The first-order chi connectivity index (χ1) is 9.09. The summed E-state index contributed by atoms with van der Waals surface area (Å²) in [4.78, 5) is 25.1. The zero-order chi connectivity index (χ0) is 13.8. The monoisotopic (exact) mass is 261 g/mol. The van der Waals surface area contributed by atoms with Crippen LogP contribution in [0.25, 0.3) is 0 Å². The van der Waals surface area contributed by atoms with Gasteiger partial charge < -0.3 is 10.0 Å². The van der Waals surface area contributed by atoms with Crippen LogP contribution < -0.4 is 0 Å². The van der Waals surface area contributed by atoms with Gasteiger partial charge in [-0.05, 0) is 18.4 Å².